The molecule has 0 aliphatic carbocycles. The minimum Gasteiger partial charge on any atom is -0.479 e. The van der Waals surface area contributed by atoms with Gasteiger partial charge in [-0.25, -0.2) is 9.59 Å². The Morgan fingerprint density at radius 3 is 2.44 bits per heavy atom. The summed E-state index contributed by atoms with van der Waals surface area (Å²) in [6, 6.07) is 0.663. The highest BCUT2D eigenvalue weighted by Crippen LogP contribution is 2.24. The summed E-state index contributed by atoms with van der Waals surface area (Å²) in [4.78, 5) is 24.2. The molecule has 1 N–H and O–H groups in total. The van der Waals surface area contributed by atoms with Crippen molar-refractivity contribution in [3.63, 3.8) is 0 Å². The lowest BCUT2D eigenvalue weighted by Crippen LogP contribution is -2.39. The van der Waals surface area contributed by atoms with E-state index in [0.29, 0.717) is 5.56 Å². The smallest absolute Gasteiger partial charge is 0.411 e. The second-order valence-electron chi connectivity index (χ2n) is 4.89. The highest BCUT2D eigenvalue weighted by molar-refractivity contribution is 7.08. The Labute approximate surface area is 110 Å². The molecule has 100 valence electrons. The Hall–Kier alpha value is -1.56. The minimum absolute atomic E-state index is 0.570. The van der Waals surface area contributed by atoms with Gasteiger partial charge in [0.05, 0.1) is 0 Å². The molecule has 0 aliphatic rings. The third-order valence-corrected chi connectivity index (χ3v) is 2.86. The number of carboxylic acid groups (broad SMARTS) is 1. The summed E-state index contributed by atoms with van der Waals surface area (Å²) in [5, 5.41) is 12.7. The molecule has 0 aliphatic heterocycles. The van der Waals surface area contributed by atoms with Crippen molar-refractivity contribution in [3.8, 4) is 0 Å². The maximum atomic E-state index is 11.8. The van der Waals surface area contributed by atoms with Crippen LogP contribution in [0.1, 0.15) is 32.4 Å². The number of amides is 1. The van der Waals surface area contributed by atoms with Gasteiger partial charge in [-0.2, -0.15) is 11.3 Å². The fraction of sp³-hybridized carbons (Fsp3) is 0.500. The number of nitrogens with zero attached hydrogens (tertiary/aromatic N) is 1. The zero-order valence-corrected chi connectivity index (χ0v) is 11.7. The lowest BCUT2D eigenvalue weighted by Gasteiger charge is -2.28. The van der Waals surface area contributed by atoms with Crippen LogP contribution in [0.5, 0.6) is 0 Å². The summed E-state index contributed by atoms with van der Waals surface area (Å²) in [5.74, 6) is -1.08. The predicted octanol–water partition coefficient (Wildman–Crippen LogP) is 2.74. The number of hydrogen-bond donors (Lipinski definition) is 1. The van der Waals surface area contributed by atoms with Gasteiger partial charge < -0.3 is 9.84 Å². The van der Waals surface area contributed by atoms with Crippen molar-refractivity contribution < 1.29 is 19.4 Å². The quantitative estimate of drug-likeness (QED) is 0.918. The van der Waals surface area contributed by atoms with Crippen molar-refractivity contribution in [1.82, 2.24) is 4.90 Å². The summed E-state index contributed by atoms with van der Waals surface area (Å²) in [6.45, 7) is 5.21. The van der Waals surface area contributed by atoms with E-state index in [1.807, 2.05) is 0 Å². The van der Waals surface area contributed by atoms with Crippen molar-refractivity contribution in [1.29, 1.82) is 0 Å². The second-order valence-corrected chi connectivity index (χ2v) is 5.67. The van der Waals surface area contributed by atoms with E-state index >= 15 is 0 Å². The molecule has 0 bridgehead atoms. The molecule has 0 aromatic carbocycles. The van der Waals surface area contributed by atoms with E-state index in [1.54, 1.807) is 37.6 Å². The Morgan fingerprint density at radius 1 is 1.44 bits per heavy atom. The number of carboxylic acids is 1. The third-order valence-electron chi connectivity index (χ3n) is 2.16. The average molecular weight is 271 g/mol. The summed E-state index contributed by atoms with van der Waals surface area (Å²) in [5.41, 5.74) is -0.0795. The summed E-state index contributed by atoms with van der Waals surface area (Å²) >= 11 is 1.39. The van der Waals surface area contributed by atoms with Gasteiger partial charge in [0.2, 0.25) is 0 Å². The molecule has 0 spiro atoms. The molecule has 1 heterocycles. The fourth-order valence-electron chi connectivity index (χ4n) is 1.40. The minimum atomic E-state index is -1.08. The molecule has 1 unspecified atom stereocenters. The number of hydrogen-bond acceptors (Lipinski definition) is 4. The molecule has 1 atom stereocenters. The van der Waals surface area contributed by atoms with Crippen LogP contribution in [0.4, 0.5) is 4.79 Å². The lowest BCUT2D eigenvalue weighted by atomic mass is 10.1. The normalized spacial score (nSPS) is 12.9. The zero-order valence-electron chi connectivity index (χ0n) is 10.8. The number of likely N-dealkylation sites (N-methyl/N-ethyl adjacent to an activating group) is 1. The molecule has 1 rings (SSSR count). The van der Waals surface area contributed by atoms with Crippen molar-refractivity contribution >= 4 is 23.4 Å². The molecule has 1 amide bonds. The predicted molar refractivity (Wildman–Crippen MR) is 68.7 cm³/mol. The maximum Gasteiger partial charge on any atom is 0.411 e. The molecule has 0 radical (unpaired) electrons. The van der Waals surface area contributed by atoms with Crippen molar-refractivity contribution in [2.24, 2.45) is 0 Å². The molecule has 1 aromatic rings. The van der Waals surface area contributed by atoms with Gasteiger partial charge in [0, 0.05) is 7.05 Å². The van der Waals surface area contributed by atoms with Gasteiger partial charge in [0.1, 0.15) is 5.60 Å². The molecule has 0 saturated heterocycles. The van der Waals surface area contributed by atoms with Gasteiger partial charge in [-0.1, -0.05) is 0 Å². The number of thiophene rings is 1. The third kappa shape index (κ3) is 3.73. The Morgan fingerprint density at radius 2 is 2.06 bits per heavy atom. The van der Waals surface area contributed by atoms with Crippen LogP contribution in [-0.4, -0.2) is 34.7 Å². The van der Waals surface area contributed by atoms with Gasteiger partial charge in [0.25, 0.3) is 0 Å². The molecular formula is C12H17NO4S. The van der Waals surface area contributed by atoms with Crippen LogP contribution in [-0.2, 0) is 9.53 Å². The van der Waals surface area contributed by atoms with Crippen LogP contribution in [0.15, 0.2) is 16.8 Å². The standard InChI is InChI=1S/C12H17NO4S/c1-12(2,3)17-11(16)13(4)9(10(14)15)8-5-6-18-7-8/h5-7,9H,1-4H3,(H,14,15). The van der Waals surface area contributed by atoms with Crippen molar-refractivity contribution in [2.75, 3.05) is 7.05 Å². The zero-order chi connectivity index (χ0) is 13.9. The Kier molecular flexibility index (Phi) is 4.34. The maximum absolute atomic E-state index is 11.8. The molecule has 0 fully saturated rings. The van der Waals surface area contributed by atoms with E-state index in [1.165, 1.54) is 18.4 Å². The molecule has 18 heavy (non-hydrogen) atoms. The Bertz CT molecular complexity index is 422. The monoisotopic (exact) mass is 271 g/mol. The van der Waals surface area contributed by atoms with E-state index in [9.17, 15) is 14.7 Å². The summed E-state index contributed by atoms with van der Waals surface area (Å²) in [7, 11) is 1.42. The molecular weight excluding hydrogens is 254 g/mol. The number of carbonyl (C=O) groups is 2. The average Bonchev–Trinajstić information content (AvgIpc) is 2.67. The first-order valence-electron chi connectivity index (χ1n) is 5.43. The molecule has 0 saturated carbocycles. The number of rotatable bonds is 3. The number of aliphatic carboxylic acids is 1. The first kappa shape index (κ1) is 14.5. The lowest BCUT2D eigenvalue weighted by molar-refractivity contribution is -0.142. The van der Waals surface area contributed by atoms with E-state index in [0.717, 1.165) is 4.90 Å². The Balaban J connectivity index is 2.88. The van der Waals surface area contributed by atoms with Crippen LogP contribution in [0, 0.1) is 0 Å². The van der Waals surface area contributed by atoms with Gasteiger partial charge in [-0.3, -0.25) is 4.90 Å². The van der Waals surface area contributed by atoms with Gasteiger partial charge in [0.15, 0.2) is 6.04 Å². The van der Waals surface area contributed by atoms with E-state index < -0.39 is 23.7 Å². The first-order valence-corrected chi connectivity index (χ1v) is 6.37. The summed E-state index contributed by atoms with van der Waals surface area (Å²) in [6.07, 6.45) is -0.652. The fourth-order valence-corrected chi connectivity index (χ4v) is 2.08. The van der Waals surface area contributed by atoms with Crippen LogP contribution < -0.4 is 0 Å². The van der Waals surface area contributed by atoms with Crippen molar-refractivity contribution in [3.05, 3.63) is 22.4 Å². The van der Waals surface area contributed by atoms with Gasteiger partial charge in [-0.05, 0) is 43.2 Å². The number of carbonyl (C=O) groups excluding carboxylic acids is 1. The van der Waals surface area contributed by atoms with E-state index in [4.69, 9.17) is 4.74 Å². The van der Waals surface area contributed by atoms with Gasteiger partial charge in [-0.15, -0.1) is 0 Å². The molecule has 1 aromatic heterocycles. The van der Waals surface area contributed by atoms with E-state index in [2.05, 4.69) is 0 Å². The van der Waals surface area contributed by atoms with Crippen LogP contribution >= 0.6 is 11.3 Å². The van der Waals surface area contributed by atoms with Crippen LogP contribution in [0.2, 0.25) is 0 Å². The SMILES string of the molecule is CN(C(=O)OC(C)(C)C)C(C(=O)O)c1ccsc1. The topological polar surface area (TPSA) is 66.8 Å². The highest BCUT2D eigenvalue weighted by atomic mass is 32.1. The highest BCUT2D eigenvalue weighted by Gasteiger charge is 2.31. The summed E-state index contributed by atoms with van der Waals surface area (Å²) < 4.78 is 5.16. The van der Waals surface area contributed by atoms with Crippen LogP contribution in [0.25, 0.3) is 0 Å². The van der Waals surface area contributed by atoms with Crippen molar-refractivity contribution in [2.45, 2.75) is 32.4 Å². The second kappa shape index (κ2) is 5.39. The first-order chi connectivity index (χ1) is 8.22. The largest absolute Gasteiger partial charge is 0.479 e. The van der Waals surface area contributed by atoms with Crippen LogP contribution in [0.3, 0.4) is 0 Å². The molecule has 6 heteroatoms. The number of ether oxygens (including phenoxy) is 1. The van der Waals surface area contributed by atoms with Gasteiger partial charge >= 0.3 is 12.1 Å². The molecule has 5 nitrogen and oxygen atoms in total. The van der Waals surface area contributed by atoms with E-state index in [-0.39, 0.29) is 0 Å².